The summed E-state index contributed by atoms with van der Waals surface area (Å²) in [5, 5.41) is 0. The molecule has 0 aromatic heterocycles. The lowest BCUT2D eigenvalue weighted by molar-refractivity contribution is 0.0647. The standard InChI is InChI=1S/C18H24N2O3S/c1-3-13-19-24(22,23)17-12-8-9-15(14-17)18(21)20(4-2)16-10-6-5-7-11-16/h1,8-9,12,14,16,19H,4-7,10-11,13H2,2H3. The molecular weight excluding hydrogens is 324 g/mol. The van der Waals surface area contributed by atoms with E-state index in [4.69, 9.17) is 6.42 Å². The molecule has 6 heteroatoms. The van der Waals surface area contributed by atoms with Gasteiger partial charge in [0.05, 0.1) is 11.4 Å². The summed E-state index contributed by atoms with van der Waals surface area (Å²) in [6.07, 6.45) is 10.6. The molecule has 0 unspecified atom stereocenters. The summed E-state index contributed by atoms with van der Waals surface area (Å²) >= 11 is 0. The average molecular weight is 348 g/mol. The van der Waals surface area contributed by atoms with E-state index in [2.05, 4.69) is 10.6 Å². The predicted octanol–water partition coefficient (Wildman–Crippen LogP) is 2.39. The maximum atomic E-state index is 12.8. The van der Waals surface area contributed by atoms with Gasteiger partial charge in [-0.25, -0.2) is 8.42 Å². The molecule has 1 aromatic rings. The molecule has 5 nitrogen and oxygen atoms in total. The molecule has 1 saturated carbocycles. The molecule has 0 radical (unpaired) electrons. The number of carbonyl (C=O) groups is 1. The first-order chi connectivity index (χ1) is 11.5. The zero-order valence-corrected chi connectivity index (χ0v) is 14.8. The predicted molar refractivity (Wildman–Crippen MR) is 94.0 cm³/mol. The molecule has 0 aliphatic heterocycles. The number of benzene rings is 1. The molecule has 1 amide bonds. The fourth-order valence-corrected chi connectivity index (χ4v) is 4.12. The number of sulfonamides is 1. The lowest BCUT2D eigenvalue weighted by Gasteiger charge is -2.33. The van der Waals surface area contributed by atoms with Gasteiger partial charge >= 0.3 is 0 Å². The first-order valence-corrected chi connectivity index (χ1v) is 9.82. The molecule has 1 aliphatic carbocycles. The molecular formula is C18H24N2O3S. The molecule has 130 valence electrons. The molecule has 0 saturated heterocycles. The van der Waals surface area contributed by atoms with E-state index in [1.54, 1.807) is 12.1 Å². The SMILES string of the molecule is C#CCNS(=O)(=O)c1cccc(C(=O)N(CC)C2CCCCC2)c1. The first-order valence-electron chi connectivity index (χ1n) is 8.33. The Balaban J connectivity index is 2.23. The van der Waals surface area contributed by atoms with Crippen LogP contribution in [0.15, 0.2) is 29.2 Å². The van der Waals surface area contributed by atoms with E-state index in [-0.39, 0.29) is 23.4 Å². The summed E-state index contributed by atoms with van der Waals surface area (Å²) in [6, 6.07) is 6.38. The van der Waals surface area contributed by atoms with Crippen molar-refractivity contribution in [3.63, 3.8) is 0 Å². The number of hydrogen-bond donors (Lipinski definition) is 1. The molecule has 0 bridgehead atoms. The first kappa shape index (κ1) is 18.5. The van der Waals surface area contributed by atoms with Crippen molar-refractivity contribution in [3.05, 3.63) is 29.8 Å². The number of nitrogens with zero attached hydrogens (tertiary/aromatic N) is 1. The summed E-state index contributed by atoms with van der Waals surface area (Å²) in [5.41, 5.74) is 0.394. The molecule has 1 fully saturated rings. The van der Waals surface area contributed by atoms with Crippen LogP contribution in [0.2, 0.25) is 0 Å². The van der Waals surface area contributed by atoms with Crippen molar-refractivity contribution < 1.29 is 13.2 Å². The molecule has 0 heterocycles. The van der Waals surface area contributed by atoms with E-state index in [0.717, 1.165) is 25.7 Å². The highest BCUT2D eigenvalue weighted by Crippen LogP contribution is 2.24. The van der Waals surface area contributed by atoms with E-state index in [0.29, 0.717) is 12.1 Å². The van der Waals surface area contributed by atoms with Crippen LogP contribution in [0.4, 0.5) is 0 Å². The van der Waals surface area contributed by atoms with E-state index < -0.39 is 10.0 Å². The minimum Gasteiger partial charge on any atom is -0.336 e. The molecule has 0 atom stereocenters. The second-order valence-corrected chi connectivity index (χ2v) is 7.71. The summed E-state index contributed by atoms with van der Waals surface area (Å²) in [4.78, 5) is 14.8. The largest absolute Gasteiger partial charge is 0.336 e. The topological polar surface area (TPSA) is 66.5 Å². The van der Waals surface area contributed by atoms with Crippen LogP contribution in [0.25, 0.3) is 0 Å². The van der Waals surface area contributed by atoms with Gasteiger partial charge in [0.1, 0.15) is 0 Å². The number of carbonyl (C=O) groups excluding carboxylic acids is 1. The fraction of sp³-hybridized carbons (Fsp3) is 0.500. The van der Waals surface area contributed by atoms with Gasteiger partial charge in [0.2, 0.25) is 10.0 Å². The molecule has 1 aromatic carbocycles. The molecule has 2 rings (SSSR count). The zero-order chi connectivity index (χ0) is 17.6. The molecule has 24 heavy (non-hydrogen) atoms. The highest BCUT2D eigenvalue weighted by molar-refractivity contribution is 7.89. The second-order valence-electron chi connectivity index (χ2n) is 5.94. The number of amides is 1. The summed E-state index contributed by atoms with van der Waals surface area (Å²) < 4.78 is 26.7. The smallest absolute Gasteiger partial charge is 0.254 e. The number of terminal acetylenes is 1. The summed E-state index contributed by atoms with van der Waals surface area (Å²) in [5.74, 6) is 2.12. The van der Waals surface area contributed by atoms with Crippen LogP contribution in [-0.2, 0) is 10.0 Å². The van der Waals surface area contributed by atoms with Gasteiger partial charge < -0.3 is 4.90 Å². The Hall–Kier alpha value is -1.84. The fourth-order valence-electron chi connectivity index (χ4n) is 3.14. The van der Waals surface area contributed by atoms with Gasteiger partial charge in [-0.15, -0.1) is 6.42 Å². The maximum Gasteiger partial charge on any atom is 0.254 e. The quantitative estimate of drug-likeness (QED) is 0.803. The Bertz CT molecular complexity index is 716. The normalized spacial score (nSPS) is 15.7. The van der Waals surface area contributed by atoms with Crippen molar-refractivity contribution in [3.8, 4) is 12.3 Å². The highest BCUT2D eigenvalue weighted by Gasteiger charge is 2.25. The van der Waals surface area contributed by atoms with Crippen molar-refractivity contribution in [1.29, 1.82) is 0 Å². The van der Waals surface area contributed by atoms with Crippen molar-refractivity contribution >= 4 is 15.9 Å². The molecule has 1 aliphatic rings. The molecule has 1 N–H and O–H groups in total. The summed E-state index contributed by atoms with van der Waals surface area (Å²) in [7, 11) is -3.70. The van der Waals surface area contributed by atoms with Gasteiger partial charge in [-0.2, -0.15) is 4.72 Å². The van der Waals surface area contributed by atoms with Crippen LogP contribution in [0.3, 0.4) is 0 Å². The monoisotopic (exact) mass is 348 g/mol. The van der Waals surface area contributed by atoms with Crippen LogP contribution < -0.4 is 4.72 Å². The van der Waals surface area contributed by atoms with E-state index in [9.17, 15) is 13.2 Å². The van der Waals surface area contributed by atoms with Gasteiger partial charge in [0.15, 0.2) is 0 Å². The maximum absolute atomic E-state index is 12.8. The lowest BCUT2D eigenvalue weighted by Crippen LogP contribution is -2.41. The third-order valence-electron chi connectivity index (χ3n) is 4.37. The third-order valence-corrected chi connectivity index (χ3v) is 5.77. The van der Waals surface area contributed by atoms with Crippen molar-refractivity contribution in [2.45, 2.75) is 50.0 Å². The molecule has 0 spiro atoms. The zero-order valence-electron chi connectivity index (χ0n) is 14.0. The number of rotatable bonds is 6. The Kier molecular flexibility index (Phi) is 6.41. The minimum atomic E-state index is -3.70. The van der Waals surface area contributed by atoms with Crippen molar-refractivity contribution in [2.75, 3.05) is 13.1 Å². The average Bonchev–Trinajstić information content (AvgIpc) is 2.61. The van der Waals surface area contributed by atoms with Crippen LogP contribution in [0.1, 0.15) is 49.4 Å². The van der Waals surface area contributed by atoms with Gasteiger partial charge in [0.25, 0.3) is 5.91 Å². The lowest BCUT2D eigenvalue weighted by atomic mass is 9.93. The van der Waals surface area contributed by atoms with E-state index in [1.807, 2.05) is 11.8 Å². The Morgan fingerprint density at radius 3 is 2.67 bits per heavy atom. The van der Waals surface area contributed by atoms with Gasteiger partial charge in [-0.05, 0) is 38.0 Å². The van der Waals surface area contributed by atoms with Gasteiger partial charge in [0, 0.05) is 18.2 Å². The number of nitrogens with one attached hydrogen (secondary N) is 1. The van der Waals surface area contributed by atoms with Crippen LogP contribution >= 0.6 is 0 Å². The minimum absolute atomic E-state index is 0.0586. The third kappa shape index (κ3) is 4.37. The second kappa shape index (κ2) is 8.32. The highest BCUT2D eigenvalue weighted by atomic mass is 32.2. The van der Waals surface area contributed by atoms with Gasteiger partial charge in [-0.1, -0.05) is 31.2 Å². The summed E-state index contributed by atoms with van der Waals surface area (Å²) in [6.45, 7) is 2.50. The van der Waals surface area contributed by atoms with Gasteiger partial charge in [-0.3, -0.25) is 4.79 Å². The van der Waals surface area contributed by atoms with E-state index >= 15 is 0 Å². The van der Waals surface area contributed by atoms with Crippen molar-refractivity contribution in [2.24, 2.45) is 0 Å². The van der Waals surface area contributed by atoms with Crippen LogP contribution in [0.5, 0.6) is 0 Å². The van der Waals surface area contributed by atoms with Crippen LogP contribution in [0, 0.1) is 12.3 Å². The Labute approximate surface area is 144 Å². The van der Waals surface area contributed by atoms with Crippen LogP contribution in [-0.4, -0.2) is 38.4 Å². The Morgan fingerprint density at radius 1 is 1.33 bits per heavy atom. The van der Waals surface area contributed by atoms with E-state index in [1.165, 1.54) is 18.6 Å². The Morgan fingerprint density at radius 2 is 2.04 bits per heavy atom. The number of hydrogen-bond acceptors (Lipinski definition) is 3. The van der Waals surface area contributed by atoms with Crippen molar-refractivity contribution in [1.82, 2.24) is 9.62 Å².